The number of hydrogen-bond donors (Lipinski definition) is 2. The Hall–Kier alpha value is -1.39. The molecule has 1 atom stereocenters. The molecule has 3 N–H and O–H groups in total. The van der Waals surface area contributed by atoms with Gasteiger partial charge in [0, 0.05) is 16.8 Å². The Balaban J connectivity index is 1.73. The Morgan fingerprint density at radius 3 is 2.95 bits per heavy atom. The van der Waals surface area contributed by atoms with Crippen LogP contribution in [0.3, 0.4) is 0 Å². The summed E-state index contributed by atoms with van der Waals surface area (Å²) in [6, 6.07) is 8.47. The average Bonchev–Trinajstić information content (AvgIpc) is 2.92. The maximum atomic E-state index is 5.78. The van der Waals surface area contributed by atoms with E-state index in [-0.39, 0.29) is 0 Å². The van der Waals surface area contributed by atoms with Crippen molar-refractivity contribution in [3.8, 4) is 0 Å². The summed E-state index contributed by atoms with van der Waals surface area (Å²) in [7, 11) is 0. The lowest BCUT2D eigenvalue weighted by Gasteiger charge is -2.11. The lowest BCUT2D eigenvalue weighted by atomic mass is 10.1. The third kappa shape index (κ3) is 4.32. The van der Waals surface area contributed by atoms with E-state index >= 15 is 0 Å². The van der Waals surface area contributed by atoms with E-state index in [2.05, 4.69) is 36.3 Å². The topological polar surface area (TPSA) is 50.9 Å². The molecule has 2 aromatic rings. The van der Waals surface area contributed by atoms with E-state index in [9.17, 15) is 0 Å². The van der Waals surface area contributed by atoms with Crippen molar-refractivity contribution in [2.24, 2.45) is 0 Å². The minimum absolute atomic E-state index is 0.334. The smallest absolute Gasteiger partial charge is 0.109 e. The number of aromatic nitrogens is 1. The van der Waals surface area contributed by atoms with Gasteiger partial charge in [-0.05, 0) is 50.4 Å². The molecule has 0 bridgehead atoms. The number of nitrogens with two attached hydrogens (primary N) is 1. The number of anilines is 1. The van der Waals surface area contributed by atoms with E-state index in [1.807, 2.05) is 29.7 Å². The second-order valence-electron chi connectivity index (χ2n) is 5.04. The maximum Gasteiger partial charge on any atom is 0.109 e. The van der Waals surface area contributed by atoms with Crippen molar-refractivity contribution >= 4 is 17.0 Å². The van der Waals surface area contributed by atoms with Crippen LogP contribution in [0.4, 0.5) is 5.69 Å². The van der Waals surface area contributed by atoms with Gasteiger partial charge in [-0.1, -0.05) is 19.1 Å². The fraction of sp³-hybridized carbons (Fsp3) is 0.438. The monoisotopic (exact) mass is 289 g/mol. The standard InChI is InChI=1S/C16H23N3S/c1-3-15-11-19-16(20-15)12(2)18-9-5-7-13-6-4-8-14(17)10-13/h4,6,8,10-12,18H,3,5,7,9,17H2,1-2H3. The van der Waals surface area contributed by atoms with Crippen LogP contribution >= 0.6 is 11.3 Å². The van der Waals surface area contributed by atoms with Gasteiger partial charge in [0.15, 0.2) is 0 Å². The summed E-state index contributed by atoms with van der Waals surface area (Å²) in [6.45, 7) is 5.34. The second kappa shape index (κ2) is 7.41. The fourth-order valence-electron chi connectivity index (χ4n) is 2.13. The first kappa shape index (κ1) is 15.0. The normalized spacial score (nSPS) is 12.5. The molecule has 1 aromatic heterocycles. The van der Waals surface area contributed by atoms with Gasteiger partial charge in [-0.25, -0.2) is 4.98 Å². The molecule has 1 heterocycles. The predicted octanol–water partition coefficient (Wildman–Crippen LogP) is 3.57. The predicted molar refractivity (Wildman–Crippen MR) is 87.1 cm³/mol. The zero-order valence-electron chi connectivity index (χ0n) is 12.2. The van der Waals surface area contributed by atoms with E-state index in [0.717, 1.165) is 31.5 Å². The minimum atomic E-state index is 0.334. The van der Waals surface area contributed by atoms with E-state index in [4.69, 9.17) is 5.73 Å². The average molecular weight is 289 g/mol. The van der Waals surface area contributed by atoms with Crippen LogP contribution in [0.2, 0.25) is 0 Å². The first-order chi connectivity index (χ1) is 9.69. The highest BCUT2D eigenvalue weighted by Gasteiger charge is 2.08. The first-order valence-corrected chi connectivity index (χ1v) is 8.03. The molecule has 0 aliphatic heterocycles. The molecule has 4 heteroatoms. The third-order valence-corrected chi connectivity index (χ3v) is 4.66. The summed E-state index contributed by atoms with van der Waals surface area (Å²) in [5, 5.41) is 4.72. The Kier molecular flexibility index (Phi) is 5.56. The second-order valence-corrected chi connectivity index (χ2v) is 6.19. The van der Waals surface area contributed by atoms with Crippen LogP contribution in [0.25, 0.3) is 0 Å². The number of rotatable bonds is 7. The third-order valence-electron chi connectivity index (χ3n) is 3.33. The van der Waals surface area contributed by atoms with Crippen molar-refractivity contribution in [1.29, 1.82) is 0 Å². The van der Waals surface area contributed by atoms with Gasteiger partial charge in [-0.3, -0.25) is 0 Å². The van der Waals surface area contributed by atoms with Crippen LogP contribution in [0.5, 0.6) is 0 Å². The van der Waals surface area contributed by atoms with Crippen molar-refractivity contribution < 1.29 is 0 Å². The molecule has 2 rings (SSSR count). The summed E-state index contributed by atoms with van der Waals surface area (Å²) in [5.74, 6) is 0. The minimum Gasteiger partial charge on any atom is -0.399 e. The lowest BCUT2D eigenvalue weighted by molar-refractivity contribution is 0.556. The number of thiazole rings is 1. The number of hydrogen-bond acceptors (Lipinski definition) is 4. The molecule has 108 valence electrons. The van der Waals surface area contributed by atoms with Crippen LogP contribution in [0.1, 0.15) is 41.8 Å². The van der Waals surface area contributed by atoms with Gasteiger partial charge in [0.25, 0.3) is 0 Å². The van der Waals surface area contributed by atoms with Gasteiger partial charge >= 0.3 is 0 Å². The van der Waals surface area contributed by atoms with Crippen LogP contribution in [0.15, 0.2) is 30.5 Å². The molecular weight excluding hydrogens is 266 g/mol. The molecule has 0 spiro atoms. The zero-order chi connectivity index (χ0) is 14.4. The summed E-state index contributed by atoms with van der Waals surface area (Å²) >= 11 is 1.81. The van der Waals surface area contributed by atoms with Gasteiger partial charge in [0.2, 0.25) is 0 Å². The zero-order valence-corrected chi connectivity index (χ0v) is 13.0. The maximum absolute atomic E-state index is 5.78. The molecule has 0 saturated heterocycles. The molecule has 0 aliphatic carbocycles. The van der Waals surface area contributed by atoms with E-state index in [1.54, 1.807) is 0 Å². The number of aryl methyl sites for hydroxylation is 2. The van der Waals surface area contributed by atoms with Crippen molar-refractivity contribution in [1.82, 2.24) is 10.3 Å². The van der Waals surface area contributed by atoms with Crippen molar-refractivity contribution in [3.05, 3.63) is 45.9 Å². The fourth-order valence-corrected chi connectivity index (χ4v) is 3.02. The van der Waals surface area contributed by atoms with E-state index < -0.39 is 0 Å². The van der Waals surface area contributed by atoms with Crippen LogP contribution in [-0.2, 0) is 12.8 Å². The molecule has 0 radical (unpaired) electrons. The summed E-state index contributed by atoms with van der Waals surface area (Å²) in [5.41, 5.74) is 7.93. The van der Waals surface area contributed by atoms with Crippen LogP contribution in [-0.4, -0.2) is 11.5 Å². The molecule has 0 saturated carbocycles. The highest BCUT2D eigenvalue weighted by Crippen LogP contribution is 2.20. The quantitative estimate of drug-likeness (QED) is 0.605. The highest BCUT2D eigenvalue weighted by atomic mass is 32.1. The van der Waals surface area contributed by atoms with Crippen molar-refractivity contribution in [2.45, 2.75) is 39.2 Å². The van der Waals surface area contributed by atoms with Gasteiger partial charge in [-0.15, -0.1) is 11.3 Å². The Bertz CT molecular complexity index is 536. The van der Waals surface area contributed by atoms with Gasteiger partial charge in [-0.2, -0.15) is 0 Å². The highest BCUT2D eigenvalue weighted by molar-refractivity contribution is 7.11. The Morgan fingerprint density at radius 1 is 1.40 bits per heavy atom. The van der Waals surface area contributed by atoms with Gasteiger partial charge in [0.05, 0.1) is 6.04 Å². The Labute approximate surface area is 125 Å². The Morgan fingerprint density at radius 2 is 2.25 bits per heavy atom. The van der Waals surface area contributed by atoms with Crippen LogP contribution in [0, 0.1) is 0 Å². The van der Waals surface area contributed by atoms with E-state index in [0.29, 0.717) is 6.04 Å². The molecule has 0 fully saturated rings. The number of nitrogens with one attached hydrogen (secondary N) is 1. The molecule has 1 aromatic carbocycles. The lowest BCUT2D eigenvalue weighted by Crippen LogP contribution is -2.20. The molecule has 0 aliphatic rings. The molecule has 1 unspecified atom stereocenters. The molecule has 20 heavy (non-hydrogen) atoms. The first-order valence-electron chi connectivity index (χ1n) is 7.21. The SMILES string of the molecule is CCc1cnc(C(C)NCCCc2cccc(N)c2)s1. The largest absolute Gasteiger partial charge is 0.399 e. The van der Waals surface area contributed by atoms with Gasteiger partial charge < -0.3 is 11.1 Å². The summed E-state index contributed by atoms with van der Waals surface area (Å²) in [4.78, 5) is 5.83. The van der Waals surface area contributed by atoms with Crippen molar-refractivity contribution in [3.63, 3.8) is 0 Å². The van der Waals surface area contributed by atoms with Gasteiger partial charge in [0.1, 0.15) is 5.01 Å². The summed E-state index contributed by atoms with van der Waals surface area (Å²) in [6.07, 6.45) is 5.23. The van der Waals surface area contributed by atoms with Crippen molar-refractivity contribution in [2.75, 3.05) is 12.3 Å². The number of nitrogen functional groups attached to an aromatic ring is 1. The summed E-state index contributed by atoms with van der Waals surface area (Å²) < 4.78 is 0. The number of nitrogens with zero attached hydrogens (tertiary/aromatic N) is 1. The number of benzene rings is 1. The van der Waals surface area contributed by atoms with Crippen LogP contribution < -0.4 is 11.1 Å². The molecular formula is C16H23N3S. The molecule has 3 nitrogen and oxygen atoms in total. The van der Waals surface area contributed by atoms with E-state index in [1.165, 1.54) is 15.4 Å². The molecule has 0 amide bonds.